The van der Waals surface area contributed by atoms with E-state index in [1.54, 1.807) is 6.20 Å². The summed E-state index contributed by atoms with van der Waals surface area (Å²) in [6.45, 7) is 9.77. The summed E-state index contributed by atoms with van der Waals surface area (Å²) in [5, 5.41) is 3.32. The lowest BCUT2D eigenvalue weighted by Crippen LogP contribution is -2.46. The van der Waals surface area contributed by atoms with Crippen LogP contribution in [0.15, 0.2) is 97.3 Å². The van der Waals surface area contributed by atoms with Crippen LogP contribution in [0.4, 0.5) is 11.6 Å². The summed E-state index contributed by atoms with van der Waals surface area (Å²) in [4.78, 5) is 22.3. The van der Waals surface area contributed by atoms with Crippen LogP contribution < -0.4 is 10.1 Å². The van der Waals surface area contributed by atoms with E-state index in [0.29, 0.717) is 12.6 Å². The molecule has 1 aliphatic heterocycles. The van der Waals surface area contributed by atoms with E-state index in [4.69, 9.17) is 9.72 Å². The smallest absolute Gasteiger partial charge is 0.227 e. The number of hydrogen-bond donors (Lipinski definition) is 2. The lowest BCUT2D eigenvalue weighted by molar-refractivity contribution is 0.130. The SMILES string of the molecule is CCN1CCN(CCCOc2cccc(Nc3nccc(-c4cnc(-c5cccc(-c6ccccc6)c5)[nH]4)n3)c2)CC1. The van der Waals surface area contributed by atoms with Crippen molar-refractivity contribution in [3.8, 4) is 39.7 Å². The van der Waals surface area contributed by atoms with Gasteiger partial charge in [0.05, 0.1) is 24.2 Å². The number of rotatable bonds is 11. The van der Waals surface area contributed by atoms with Crippen molar-refractivity contribution in [1.82, 2.24) is 29.7 Å². The summed E-state index contributed by atoms with van der Waals surface area (Å²) in [6.07, 6.45) is 4.58. The largest absolute Gasteiger partial charge is 0.493 e. The molecule has 42 heavy (non-hydrogen) atoms. The first kappa shape index (κ1) is 27.6. The fourth-order valence-corrected chi connectivity index (χ4v) is 5.24. The number of piperazine rings is 1. The lowest BCUT2D eigenvalue weighted by atomic mass is 10.0. The molecule has 214 valence electrons. The average molecular weight is 560 g/mol. The number of nitrogens with one attached hydrogen (secondary N) is 2. The number of likely N-dealkylation sites (N-methyl/N-ethyl adjacent to an activating group) is 1. The van der Waals surface area contributed by atoms with Gasteiger partial charge in [0.1, 0.15) is 11.6 Å². The van der Waals surface area contributed by atoms with Crippen LogP contribution in [0.25, 0.3) is 33.9 Å². The molecule has 0 saturated carbocycles. The summed E-state index contributed by atoms with van der Waals surface area (Å²) in [7, 11) is 0. The van der Waals surface area contributed by atoms with E-state index in [1.807, 2.05) is 54.7 Å². The first-order valence-corrected chi connectivity index (χ1v) is 14.7. The number of ether oxygens (including phenoxy) is 1. The molecule has 5 aromatic rings. The predicted molar refractivity (Wildman–Crippen MR) is 169 cm³/mol. The standard InChI is InChI=1S/C34H37N7O/c1-2-40-18-20-41(21-19-40)17-8-22-42-30-14-7-13-29(24-30)37-34-35-16-15-31(39-34)32-25-36-33(38-32)28-12-6-11-27(23-28)26-9-4-3-5-10-26/h3-7,9-16,23-25H,2,8,17-22H2,1H3,(H,36,38)(H,35,37,39). The van der Waals surface area contributed by atoms with E-state index in [-0.39, 0.29) is 0 Å². The van der Waals surface area contributed by atoms with Crippen LogP contribution in [0.1, 0.15) is 13.3 Å². The number of anilines is 2. The molecule has 8 heteroatoms. The van der Waals surface area contributed by atoms with E-state index >= 15 is 0 Å². The third-order valence-electron chi connectivity index (χ3n) is 7.64. The minimum absolute atomic E-state index is 0.512. The van der Waals surface area contributed by atoms with E-state index in [9.17, 15) is 0 Å². The van der Waals surface area contributed by atoms with Crippen molar-refractivity contribution in [2.24, 2.45) is 0 Å². The molecule has 0 amide bonds. The van der Waals surface area contributed by atoms with Gasteiger partial charge in [0.2, 0.25) is 5.95 Å². The van der Waals surface area contributed by atoms with Gasteiger partial charge in [-0.05, 0) is 48.4 Å². The molecule has 1 aliphatic rings. The van der Waals surface area contributed by atoms with Crippen LogP contribution in [0, 0.1) is 0 Å². The first-order chi connectivity index (χ1) is 20.7. The maximum Gasteiger partial charge on any atom is 0.227 e. The zero-order valence-corrected chi connectivity index (χ0v) is 24.0. The zero-order valence-electron chi connectivity index (χ0n) is 24.0. The topological polar surface area (TPSA) is 82.2 Å². The third kappa shape index (κ3) is 7.02. The molecule has 2 aromatic heterocycles. The number of benzene rings is 3. The van der Waals surface area contributed by atoms with Crippen LogP contribution in [0.5, 0.6) is 5.75 Å². The molecular formula is C34H37N7O. The van der Waals surface area contributed by atoms with E-state index < -0.39 is 0 Å². The number of imidazole rings is 1. The molecule has 0 unspecified atom stereocenters. The highest BCUT2D eigenvalue weighted by Gasteiger charge is 2.15. The fraction of sp³-hybridized carbons (Fsp3) is 0.265. The monoisotopic (exact) mass is 559 g/mol. The van der Waals surface area contributed by atoms with Crippen molar-refractivity contribution in [1.29, 1.82) is 0 Å². The Hall–Kier alpha value is -4.53. The number of H-pyrrole nitrogens is 1. The van der Waals surface area contributed by atoms with Gasteiger partial charge in [0.25, 0.3) is 0 Å². The van der Waals surface area contributed by atoms with Crippen LogP contribution in [-0.4, -0.2) is 75.6 Å². The van der Waals surface area contributed by atoms with E-state index in [0.717, 1.165) is 72.4 Å². The van der Waals surface area contributed by atoms with E-state index in [1.165, 1.54) is 18.7 Å². The van der Waals surface area contributed by atoms with Gasteiger partial charge < -0.3 is 24.8 Å². The normalized spacial score (nSPS) is 14.1. The molecule has 0 aliphatic carbocycles. The highest BCUT2D eigenvalue weighted by Crippen LogP contribution is 2.27. The highest BCUT2D eigenvalue weighted by molar-refractivity contribution is 5.71. The lowest BCUT2D eigenvalue weighted by Gasteiger charge is -2.33. The van der Waals surface area contributed by atoms with Gasteiger partial charge in [-0.3, -0.25) is 0 Å². The molecular weight excluding hydrogens is 522 g/mol. The van der Waals surface area contributed by atoms with Crippen molar-refractivity contribution in [3.05, 3.63) is 97.3 Å². The molecule has 2 N–H and O–H groups in total. The fourth-order valence-electron chi connectivity index (χ4n) is 5.24. The number of aromatic nitrogens is 4. The highest BCUT2D eigenvalue weighted by atomic mass is 16.5. The van der Waals surface area contributed by atoms with Gasteiger partial charge in [-0.15, -0.1) is 0 Å². The maximum absolute atomic E-state index is 6.06. The Labute approximate surface area is 247 Å². The minimum atomic E-state index is 0.512. The molecule has 0 bridgehead atoms. The summed E-state index contributed by atoms with van der Waals surface area (Å²) in [5.74, 6) is 2.14. The van der Waals surface area contributed by atoms with Crippen molar-refractivity contribution in [2.75, 3.05) is 51.2 Å². The Kier molecular flexibility index (Phi) is 8.83. The summed E-state index contributed by atoms with van der Waals surface area (Å²) < 4.78 is 6.06. The molecule has 3 heterocycles. The van der Waals surface area contributed by atoms with Gasteiger partial charge in [-0.1, -0.05) is 61.5 Å². The Bertz CT molecular complexity index is 1580. The summed E-state index contributed by atoms with van der Waals surface area (Å²) in [5.41, 5.74) is 5.81. The van der Waals surface area contributed by atoms with Gasteiger partial charge in [-0.25, -0.2) is 15.0 Å². The molecule has 6 rings (SSSR count). The Morgan fingerprint density at radius 1 is 0.810 bits per heavy atom. The third-order valence-corrected chi connectivity index (χ3v) is 7.64. The van der Waals surface area contributed by atoms with E-state index in [2.05, 4.69) is 73.4 Å². The van der Waals surface area contributed by atoms with Crippen LogP contribution in [-0.2, 0) is 0 Å². The second kappa shape index (κ2) is 13.4. The van der Waals surface area contributed by atoms with Crippen LogP contribution in [0.3, 0.4) is 0 Å². The van der Waals surface area contributed by atoms with Gasteiger partial charge in [0, 0.05) is 56.2 Å². The van der Waals surface area contributed by atoms with Crippen molar-refractivity contribution >= 4 is 11.6 Å². The first-order valence-electron chi connectivity index (χ1n) is 14.7. The van der Waals surface area contributed by atoms with Crippen LogP contribution in [0.2, 0.25) is 0 Å². The Balaban J connectivity index is 1.06. The predicted octanol–water partition coefficient (Wildman–Crippen LogP) is 6.35. The number of nitrogens with zero attached hydrogens (tertiary/aromatic N) is 5. The molecule has 0 spiro atoms. The quantitative estimate of drug-likeness (QED) is 0.183. The minimum Gasteiger partial charge on any atom is -0.493 e. The summed E-state index contributed by atoms with van der Waals surface area (Å²) in [6, 6.07) is 28.6. The van der Waals surface area contributed by atoms with Gasteiger partial charge in [-0.2, -0.15) is 0 Å². The second-order valence-corrected chi connectivity index (χ2v) is 10.5. The summed E-state index contributed by atoms with van der Waals surface area (Å²) >= 11 is 0. The van der Waals surface area contributed by atoms with Gasteiger partial charge >= 0.3 is 0 Å². The number of hydrogen-bond acceptors (Lipinski definition) is 7. The molecule has 8 nitrogen and oxygen atoms in total. The Morgan fingerprint density at radius 3 is 2.45 bits per heavy atom. The zero-order chi connectivity index (χ0) is 28.6. The van der Waals surface area contributed by atoms with Crippen molar-refractivity contribution < 1.29 is 4.74 Å². The van der Waals surface area contributed by atoms with Crippen LogP contribution >= 0.6 is 0 Å². The molecule has 0 radical (unpaired) electrons. The van der Waals surface area contributed by atoms with Crippen molar-refractivity contribution in [2.45, 2.75) is 13.3 Å². The Morgan fingerprint density at radius 2 is 1.60 bits per heavy atom. The average Bonchev–Trinajstić information content (AvgIpc) is 3.55. The molecule has 0 atom stereocenters. The maximum atomic E-state index is 6.06. The molecule has 3 aromatic carbocycles. The van der Waals surface area contributed by atoms with Crippen molar-refractivity contribution in [3.63, 3.8) is 0 Å². The second-order valence-electron chi connectivity index (χ2n) is 10.5. The molecule has 1 saturated heterocycles. The van der Waals surface area contributed by atoms with Gasteiger partial charge in [0.15, 0.2) is 0 Å². The molecule has 1 fully saturated rings. The number of aromatic amines is 1.